The maximum atomic E-state index is 12.8. The smallest absolute Gasteiger partial charge is 0.255 e. The standard InChI is InChI=1S/C25H28B2N4O3/c26-25(27,34-22-12-19(23(28)32)14-29-15-22)20-4-3-5-21(13-20)30-24(33)18-8-6-17(7-9-18)16-31-10-1-2-11-31/h3-9,12-15H,1-2,10-11,16,26-27H2,(H2,28,32)(H,30,33). The number of aromatic nitrogens is 1. The monoisotopic (exact) mass is 454 g/mol. The molecule has 0 radical (unpaired) electrons. The predicted molar refractivity (Wildman–Crippen MR) is 137 cm³/mol. The van der Waals surface area contributed by atoms with Crippen molar-refractivity contribution in [2.75, 3.05) is 18.4 Å². The van der Waals surface area contributed by atoms with E-state index in [2.05, 4.69) is 15.2 Å². The van der Waals surface area contributed by atoms with Gasteiger partial charge in [0.25, 0.3) is 5.91 Å². The van der Waals surface area contributed by atoms with Crippen LogP contribution in [0.2, 0.25) is 0 Å². The van der Waals surface area contributed by atoms with Gasteiger partial charge in [0.2, 0.25) is 5.91 Å². The summed E-state index contributed by atoms with van der Waals surface area (Å²) in [4.78, 5) is 30.7. The lowest BCUT2D eigenvalue weighted by molar-refractivity contribution is 0.0996. The number of ether oxygens (including phenoxy) is 1. The van der Waals surface area contributed by atoms with E-state index in [1.807, 2.05) is 64.2 Å². The van der Waals surface area contributed by atoms with Gasteiger partial charge in [-0.25, -0.2) is 0 Å². The van der Waals surface area contributed by atoms with E-state index in [1.165, 1.54) is 30.8 Å². The van der Waals surface area contributed by atoms with E-state index in [-0.39, 0.29) is 11.5 Å². The summed E-state index contributed by atoms with van der Waals surface area (Å²) in [6.45, 7) is 3.22. The Kier molecular flexibility index (Phi) is 7.03. The van der Waals surface area contributed by atoms with Crippen LogP contribution in [0, 0.1) is 0 Å². The quantitative estimate of drug-likeness (QED) is 0.503. The Labute approximate surface area is 201 Å². The van der Waals surface area contributed by atoms with Gasteiger partial charge in [-0.3, -0.25) is 19.5 Å². The second-order valence-electron chi connectivity index (χ2n) is 9.10. The predicted octanol–water partition coefficient (Wildman–Crippen LogP) is 1.48. The molecule has 1 aliphatic rings. The van der Waals surface area contributed by atoms with Gasteiger partial charge in [0.1, 0.15) is 5.75 Å². The maximum absolute atomic E-state index is 12.8. The largest absolute Gasteiger partial charge is 0.499 e. The molecule has 0 unspecified atom stereocenters. The fourth-order valence-corrected chi connectivity index (χ4v) is 4.10. The molecule has 0 atom stereocenters. The van der Waals surface area contributed by atoms with Crippen molar-refractivity contribution in [2.24, 2.45) is 5.73 Å². The minimum atomic E-state index is -0.740. The van der Waals surface area contributed by atoms with Gasteiger partial charge in [-0.1, -0.05) is 24.3 Å². The molecule has 1 aromatic heterocycles. The zero-order valence-electron chi connectivity index (χ0n) is 19.6. The highest BCUT2D eigenvalue weighted by Crippen LogP contribution is 2.25. The highest BCUT2D eigenvalue weighted by molar-refractivity contribution is 6.39. The highest BCUT2D eigenvalue weighted by atomic mass is 16.5. The van der Waals surface area contributed by atoms with Gasteiger partial charge in [-0.2, -0.15) is 0 Å². The Hall–Kier alpha value is -3.58. The van der Waals surface area contributed by atoms with Crippen LogP contribution in [0.15, 0.2) is 67.0 Å². The summed E-state index contributed by atoms with van der Waals surface area (Å²) in [6.07, 6.45) is 5.46. The molecule has 2 heterocycles. The van der Waals surface area contributed by atoms with Crippen LogP contribution in [0.4, 0.5) is 5.69 Å². The van der Waals surface area contributed by atoms with E-state index < -0.39 is 11.3 Å². The lowest BCUT2D eigenvalue weighted by Gasteiger charge is -2.28. The maximum Gasteiger partial charge on any atom is 0.255 e. The van der Waals surface area contributed by atoms with Gasteiger partial charge in [-0.15, -0.1) is 0 Å². The van der Waals surface area contributed by atoms with Crippen molar-refractivity contribution in [3.63, 3.8) is 0 Å². The molecule has 4 rings (SSSR count). The lowest BCUT2D eigenvalue weighted by Crippen LogP contribution is -2.34. The van der Waals surface area contributed by atoms with Crippen molar-refractivity contribution >= 4 is 33.2 Å². The average Bonchev–Trinajstić information content (AvgIpc) is 3.33. The Balaban J connectivity index is 1.42. The Morgan fingerprint density at radius 2 is 1.76 bits per heavy atom. The molecular formula is C25H28B2N4O3. The summed E-state index contributed by atoms with van der Waals surface area (Å²) in [6, 6.07) is 16.9. The summed E-state index contributed by atoms with van der Waals surface area (Å²) >= 11 is 0. The van der Waals surface area contributed by atoms with Crippen molar-refractivity contribution in [3.05, 3.63) is 89.2 Å². The van der Waals surface area contributed by atoms with Crippen LogP contribution in [-0.4, -0.2) is 50.5 Å². The van der Waals surface area contributed by atoms with Crippen molar-refractivity contribution < 1.29 is 14.3 Å². The van der Waals surface area contributed by atoms with Crippen LogP contribution < -0.4 is 15.8 Å². The average molecular weight is 454 g/mol. The topological polar surface area (TPSA) is 97.5 Å². The van der Waals surface area contributed by atoms with Crippen molar-refractivity contribution in [1.82, 2.24) is 9.88 Å². The summed E-state index contributed by atoms with van der Waals surface area (Å²) < 4.78 is 6.10. The third kappa shape index (κ3) is 5.85. The molecule has 0 saturated carbocycles. The Morgan fingerprint density at radius 1 is 1.03 bits per heavy atom. The number of benzene rings is 2. The number of pyridine rings is 1. The minimum absolute atomic E-state index is 0.165. The molecule has 0 aliphatic carbocycles. The molecule has 172 valence electrons. The number of amides is 2. The number of likely N-dealkylation sites (tertiary alicyclic amines) is 1. The number of anilines is 1. The number of primary amides is 1. The summed E-state index contributed by atoms with van der Waals surface area (Å²) in [7, 11) is 3.81. The molecule has 0 spiro atoms. The molecule has 34 heavy (non-hydrogen) atoms. The van der Waals surface area contributed by atoms with Gasteiger partial charge < -0.3 is 15.8 Å². The van der Waals surface area contributed by atoms with E-state index in [4.69, 9.17) is 10.5 Å². The van der Waals surface area contributed by atoms with Crippen LogP contribution in [0.25, 0.3) is 0 Å². The first-order valence-electron chi connectivity index (χ1n) is 11.5. The molecule has 7 nitrogen and oxygen atoms in total. The van der Waals surface area contributed by atoms with Crippen LogP contribution >= 0.6 is 0 Å². The molecule has 1 saturated heterocycles. The van der Waals surface area contributed by atoms with E-state index in [9.17, 15) is 9.59 Å². The zero-order chi connectivity index (χ0) is 24.1. The third-order valence-electron chi connectivity index (χ3n) is 6.01. The fraction of sp³-hybridized carbons (Fsp3) is 0.240. The van der Waals surface area contributed by atoms with Gasteiger partial charge in [0, 0.05) is 24.0 Å². The van der Waals surface area contributed by atoms with Crippen LogP contribution in [0.5, 0.6) is 5.75 Å². The van der Waals surface area contributed by atoms with Gasteiger partial charge >= 0.3 is 0 Å². The van der Waals surface area contributed by atoms with Gasteiger partial charge in [0.05, 0.1) is 17.2 Å². The van der Waals surface area contributed by atoms with Crippen molar-refractivity contribution in [3.8, 4) is 5.75 Å². The molecule has 1 aliphatic heterocycles. The molecule has 3 aromatic rings. The highest BCUT2D eigenvalue weighted by Gasteiger charge is 2.24. The van der Waals surface area contributed by atoms with E-state index in [1.54, 1.807) is 6.07 Å². The first kappa shape index (κ1) is 23.6. The molecule has 9 heteroatoms. The second kappa shape index (κ2) is 10.1. The number of nitrogens with one attached hydrogen (secondary N) is 1. The fourth-order valence-electron chi connectivity index (χ4n) is 4.10. The number of nitrogens with zero attached hydrogens (tertiary/aromatic N) is 2. The molecule has 3 N–H and O–H groups in total. The number of carbonyl (C=O) groups is 2. The Bertz CT molecular complexity index is 1180. The normalized spacial score (nSPS) is 14.0. The zero-order valence-corrected chi connectivity index (χ0v) is 19.6. The summed E-state index contributed by atoms with van der Waals surface area (Å²) in [5, 5.41) is 2.23. The van der Waals surface area contributed by atoms with Crippen molar-refractivity contribution in [2.45, 2.75) is 24.8 Å². The number of hydrogen-bond donors (Lipinski definition) is 2. The summed E-state index contributed by atoms with van der Waals surface area (Å²) in [5.41, 5.74) is 8.97. The summed E-state index contributed by atoms with van der Waals surface area (Å²) in [5.74, 6) is -0.295. The molecule has 0 bridgehead atoms. The minimum Gasteiger partial charge on any atom is -0.499 e. The van der Waals surface area contributed by atoms with E-state index >= 15 is 0 Å². The lowest BCUT2D eigenvalue weighted by atomic mass is 9.61. The second-order valence-corrected chi connectivity index (χ2v) is 9.10. The van der Waals surface area contributed by atoms with E-state index in [0.29, 0.717) is 17.0 Å². The van der Waals surface area contributed by atoms with E-state index in [0.717, 1.165) is 25.2 Å². The first-order valence-corrected chi connectivity index (χ1v) is 11.5. The molecule has 2 aromatic carbocycles. The van der Waals surface area contributed by atoms with Gasteiger partial charge in [0.15, 0.2) is 15.7 Å². The molecule has 1 fully saturated rings. The first-order chi connectivity index (χ1) is 16.3. The van der Waals surface area contributed by atoms with Crippen molar-refractivity contribution in [1.29, 1.82) is 0 Å². The molecular weight excluding hydrogens is 426 g/mol. The van der Waals surface area contributed by atoms with Crippen LogP contribution in [-0.2, 0) is 11.9 Å². The number of carbonyl (C=O) groups excluding carboxylic acids is 2. The Morgan fingerprint density at radius 3 is 2.47 bits per heavy atom. The number of nitrogens with two attached hydrogens (primary N) is 1. The number of rotatable bonds is 8. The SMILES string of the molecule is BC(B)(Oc1cncc(C(N)=O)c1)c1cccc(NC(=O)c2ccc(CN3CCCC3)cc2)c1. The van der Waals surface area contributed by atoms with Crippen LogP contribution in [0.3, 0.4) is 0 Å². The number of hydrogen-bond acceptors (Lipinski definition) is 5. The van der Waals surface area contributed by atoms with Gasteiger partial charge in [-0.05, 0) is 67.4 Å². The third-order valence-corrected chi connectivity index (χ3v) is 6.01. The molecule has 2 amide bonds. The van der Waals surface area contributed by atoms with Crippen LogP contribution in [0.1, 0.15) is 44.7 Å².